The van der Waals surface area contributed by atoms with Crippen molar-refractivity contribution in [2.45, 2.75) is 44.3 Å². The Labute approximate surface area is 173 Å². The number of anilines is 1. The first-order valence-corrected chi connectivity index (χ1v) is 11.2. The first-order chi connectivity index (χ1) is 13.1. The van der Waals surface area contributed by atoms with Crippen molar-refractivity contribution in [2.24, 2.45) is 11.8 Å². The number of nitrogens with zero attached hydrogens (tertiary/aromatic N) is 1. The summed E-state index contributed by atoms with van der Waals surface area (Å²) in [6, 6.07) is 5.05. The third kappa shape index (κ3) is 2.49. The van der Waals surface area contributed by atoms with Gasteiger partial charge in [-0.3, -0.25) is 24.6 Å². The topological polar surface area (TPSA) is 78.5 Å². The summed E-state index contributed by atoms with van der Waals surface area (Å²) in [6.45, 7) is 5.54. The second kappa shape index (κ2) is 6.47. The number of likely N-dealkylation sites (tertiary alicyclic amines) is 1. The number of amides is 3. The summed E-state index contributed by atoms with van der Waals surface area (Å²) >= 11 is 8.00. The molecule has 2 fully saturated rings. The van der Waals surface area contributed by atoms with Gasteiger partial charge in [-0.15, -0.1) is 0 Å². The van der Waals surface area contributed by atoms with Crippen molar-refractivity contribution >= 4 is 46.8 Å². The predicted octanol–water partition coefficient (Wildman–Crippen LogP) is 2.61. The molecule has 1 aromatic rings. The number of thioether (sulfide) groups is 1. The van der Waals surface area contributed by atoms with Crippen LogP contribution in [-0.2, 0) is 19.9 Å². The van der Waals surface area contributed by atoms with E-state index in [4.69, 9.17) is 11.6 Å². The first-order valence-electron chi connectivity index (χ1n) is 9.39. The van der Waals surface area contributed by atoms with Crippen molar-refractivity contribution in [3.8, 4) is 0 Å². The van der Waals surface area contributed by atoms with Gasteiger partial charge in [0.05, 0.1) is 22.5 Å². The van der Waals surface area contributed by atoms with E-state index in [1.165, 1.54) is 4.90 Å². The minimum atomic E-state index is -1.26. The van der Waals surface area contributed by atoms with Crippen LogP contribution in [0.3, 0.4) is 0 Å². The summed E-state index contributed by atoms with van der Waals surface area (Å²) in [4.78, 5) is 41.5. The van der Waals surface area contributed by atoms with Gasteiger partial charge in [0.15, 0.2) is 0 Å². The number of fused-ring (bicyclic) bond motifs is 4. The van der Waals surface area contributed by atoms with Crippen LogP contribution in [0.1, 0.15) is 32.8 Å². The number of imide groups is 1. The molecular weight excluding hydrogens is 398 g/mol. The van der Waals surface area contributed by atoms with Crippen molar-refractivity contribution in [1.82, 2.24) is 10.2 Å². The fourth-order valence-corrected chi connectivity index (χ4v) is 5.66. The summed E-state index contributed by atoms with van der Waals surface area (Å²) < 4.78 is 0. The smallest absolute Gasteiger partial charge is 0.250 e. The maximum Gasteiger partial charge on any atom is 0.250 e. The van der Waals surface area contributed by atoms with Gasteiger partial charge in [0.1, 0.15) is 5.54 Å². The molecule has 28 heavy (non-hydrogen) atoms. The molecule has 0 unspecified atom stereocenters. The minimum absolute atomic E-state index is 0.193. The van der Waals surface area contributed by atoms with Crippen molar-refractivity contribution in [2.75, 3.05) is 17.3 Å². The molecule has 0 bridgehead atoms. The SMILES string of the molecule is CSCC[C@@H]1N[C@@]2(C(=O)Nc3c(Cl)cccc32)[C@H]2C(=O)N(C(C)(C)C)C(=O)[C@H]12. The van der Waals surface area contributed by atoms with Gasteiger partial charge >= 0.3 is 0 Å². The van der Waals surface area contributed by atoms with E-state index in [1.807, 2.05) is 33.1 Å². The van der Waals surface area contributed by atoms with E-state index in [0.29, 0.717) is 22.7 Å². The Morgan fingerprint density at radius 3 is 2.57 bits per heavy atom. The number of carbonyl (C=O) groups excluding carboxylic acids is 3. The standard InChI is InChI=1S/C20H24ClN3O3S/c1-19(2,3)24-16(25)13-12(8-9-28-4)23-20(14(13)17(24)26)10-6-5-7-11(21)15(10)22-18(20)27/h5-7,12-14,23H,8-9H2,1-4H3,(H,22,27)/t12-,13+,14+,20+/m0/s1. The van der Waals surface area contributed by atoms with Crippen LogP contribution in [-0.4, -0.2) is 46.2 Å². The molecule has 0 saturated carbocycles. The van der Waals surface area contributed by atoms with Crippen LogP contribution >= 0.6 is 23.4 Å². The van der Waals surface area contributed by atoms with Crippen LogP contribution in [0.25, 0.3) is 0 Å². The molecule has 6 nitrogen and oxygen atoms in total. The average molecular weight is 422 g/mol. The van der Waals surface area contributed by atoms with Crippen LogP contribution in [0.2, 0.25) is 5.02 Å². The average Bonchev–Trinajstić information content (AvgIpc) is 3.19. The second-order valence-electron chi connectivity index (χ2n) is 8.64. The number of nitrogens with one attached hydrogen (secondary N) is 2. The van der Waals surface area contributed by atoms with Gasteiger partial charge in [-0.05, 0) is 45.3 Å². The fraction of sp³-hybridized carbons (Fsp3) is 0.550. The van der Waals surface area contributed by atoms with E-state index in [1.54, 1.807) is 23.9 Å². The summed E-state index contributed by atoms with van der Waals surface area (Å²) in [5.41, 5.74) is -0.722. The number of rotatable bonds is 3. The monoisotopic (exact) mass is 421 g/mol. The first kappa shape index (κ1) is 19.7. The van der Waals surface area contributed by atoms with Gasteiger partial charge in [-0.25, -0.2) is 0 Å². The van der Waals surface area contributed by atoms with E-state index in [-0.39, 0.29) is 23.8 Å². The van der Waals surface area contributed by atoms with Crippen LogP contribution in [0, 0.1) is 11.8 Å². The lowest BCUT2D eigenvalue weighted by Gasteiger charge is -2.34. The lowest BCUT2D eigenvalue weighted by molar-refractivity contribution is -0.147. The van der Waals surface area contributed by atoms with Gasteiger partial charge in [-0.2, -0.15) is 11.8 Å². The highest BCUT2D eigenvalue weighted by molar-refractivity contribution is 7.98. The molecule has 3 amide bonds. The summed E-state index contributed by atoms with van der Waals surface area (Å²) in [5.74, 6) is -1.29. The molecular formula is C20H24ClN3O3S. The Morgan fingerprint density at radius 1 is 1.21 bits per heavy atom. The summed E-state index contributed by atoms with van der Waals surface area (Å²) in [5, 5.41) is 6.70. The van der Waals surface area contributed by atoms with E-state index in [9.17, 15) is 14.4 Å². The summed E-state index contributed by atoms with van der Waals surface area (Å²) in [6.07, 6.45) is 2.70. The lowest BCUT2D eigenvalue weighted by Crippen LogP contribution is -2.55. The zero-order valence-electron chi connectivity index (χ0n) is 16.3. The van der Waals surface area contributed by atoms with Gasteiger partial charge in [0.25, 0.3) is 0 Å². The quantitative estimate of drug-likeness (QED) is 0.733. The molecule has 3 aliphatic rings. The highest BCUT2D eigenvalue weighted by Crippen LogP contribution is 2.55. The number of halogens is 1. The van der Waals surface area contributed by atoms with E-state index in [0.717, 1.165) is 5.75 Å². The molecule has 0 aliphatic carbocycles. The Morgan fingerprint density at radius 2 is 1.93 bits per heavy atom. The molecule has 0 aromatic heterocycles. The van der Waals surface area contributed by atoms with Crippen LogP contribution in [0.15, 0.2) is 18.2 Å². The molecule has 4 atom stereocenters. The Kier molecular flexibility index (Phi) is 4.56. The molecule has 150 valence electrons. The van der Waals surface area contributed by atoms with Crippen molar-refractivity contribution in [1.29, 1.82) is 0 Å². The normalized spacial score (nSPS) is 31.5. The second-order valence-corrected chi connectivity index (χ2v) is 10.0. The Balaban J connectivity index is 1.89. The van der Waals surface area contributed by atoms with Gasteiger partial charge in [-0.1, -0.05) is 23.7 Å². The van der Waals surface area contributed by atoms with Gasteiger partial charge in [0, 0.05) is 17.1 Å². The van der Waals surface area contributed by atoms with E-state index in [2.05, 4.69) is 10.6 Å². The van der Waals surface area contributed by atoms with Crippen LogP contribution < -0.4 is 10.6 Å². The molecule has 3 aliphatic heterocycles. The predicted molar refractivity (Wildman–Crippen MR) is 110 cm³/mol. The minimum Gasteiger partial charge on any atom is -0.323 e. The highest BCUT2D eigenvalue weighted by Gasteiger charge is 2.71. The largest absolute Gasteiger partial charge is 0.323 e. The van der Waals surface area contributed by atoms with E-state index < -0.39 is 22.9 Å². The fourth-order valence-electron chi connectivity index (χ4n) is 4.95. The Hall–Kier alpha value is -1.57. The van der Waals surface area contributed by atoms with E-state index >= 15 is 0 Å². The lowest BCUT2D eigenvalue weighted by atomic mass is 9.76. The number of carbonyl (C=O) groups is 3. The van der Waals surface area contributed by atoms with Gasteiger partial charge in [0.2, 0.25) is 17.7 Å². The maximum absolute atomic E-state index is 13.5. The van der Waals surface area contributed by atoms with Crippen LogP contribution in [0.4, 0.5) is 5.69 Å². The number of hydrogen-bond donors (Lipinski definition) is 2. The number of para-hydroxylation sites is 1. The molecule has 3 heterocycles. The molecule has 2 N–H and O–H groups in total. The number of hydrogen-bond acceptors (Lipinski definition) is 5. The molecule has 2 saturated heterocycles. The molecule has 1 aromatic carbocycles. The molecule has 4 rings (SSSR count). The number of benzene rings is 1. The van der Waals surface area contributed by atoms with Crippen molar-refractivity contribution in [3.63, 3.8) is 0 Å². The highest BCUT2D eigenvalue weighted by atomic mass is 35.5. The van der Waals surface area contributed by atoms with Crippen molar-refractivity contribution < 1.29 is 14.4 Å². The molecule has 1 spiro atoms. The molecule has 8 heteroatoms. The molecule has 0 radical (unpaired) electrons. The third-order valence-corrected chi connectivity index (χ3v) is 6.96. The van der Waals surface area contributed by atoms with Gasteiger partial charge < -0.3 is 5.32 Å². The zero-order chi connectivity index (χ0) is 20.4. The zero-order valence-corrected chi connectivity index (χ0v) is 17.9. The maximum atomic E-state index is 13.5. The van der Waals surface area contributed by atoms with Crippen molar-refractivity contribution in [3.05, 3.63) is 28.8 Å². The van der Waals surface area contributed by atoms with Crippen LogP contribution in [0.5, 0.6) is 0 Å². The summed E-state index contributed by atoms with van der Waals surface area (Å²) in [7, 11) is 0. The third-order valence-electron chi connectivity index (χ3n) is 6.00. The Bertz CT molecular complexity index is 884.